The van der Waals surface area contributed by atoms with Crippen molar-refractivity contribution in [2.75, 3.05) is 6.79 Å². The molecule has 0 atom stereocenters. The number of pyridine rings is 1. The lowest BCUT2D eigenvalue weighted by Crippen LogP contribution is -1.92. The maximum atomic E-state index is 10.0. The van der Waals surface area contributed by atoms with E-state index in [2.05, 4.69) is 4.98 Å². The van der Waals surface area contributed by atoms with E-state index < -0.39 is 0 Å². The predicted octanol–water partition coefficient (Wildman–Crippen LogP) is 3.77. The molecule has 4 rings (SSSR count). The van der Waals surface area contributed by atoms with Crippen molar-refractivity contribution in [1.29, 1.82) is 0 Å². The average molecular weight is 332 g/mol. The fourth-order valence-corrected chi connectivity index (χ4v) is 2.66. The van der Waals surface area contributed by atoms with Gasteiger partial charge in [-0.3, -0.25) is 0 Å². The first-order chi connectivity index (χ1) is 10.6. The number of halogens is 1. The van der Waals surface area contributed by atoms with Crippen molar-refractivity contribution < 1.29 is 19.7 Å². The Kier molecular flexibility index (Phi) is 3.66. The SMILES string of the molecule is Cc1cc(-c2ccc(O)cc2O)nc2cc3c(cc12)OCO3.Cl. The molecule has 0 fully saturated rings. The summed E-state index contributed by atoms with van der Waals surface area (Å²) in [4.78, 5) is 4.60. The van der Waals surface area contributed by atoms with E-state index in [0.29, 0.717) is 17.0 Å². The molecule has 0 bridgehead atoms. The Morgan fingerprint density at radius 1 is 1.00 bits per heavy atom. The smallest absolute Gasteiger partial charge is 0.231 e. The van der Waals surface area contributed by atoms with Crippen LogP contribution in [0.3, 0.4) is 0 Å². The zero-order chi connectivity index (χ0) is 15.3. The number of aryl methyl sites for hydroxylation is 1. The molecule has 3 aromatic rings. The lowest BCUT2D eigenvalue weighted by Gasteiger charge is -2.09. The Bertz CT molecular complexity index is 911. The van der Waals surface area contributed by atoms with Crippen LogP contribution in [0.1, 0.15) is 5.56 Å². The number of fused-ring (bicyclic) bond motifs is 2. The van der Waals surface area contributed by atoms with Gasteiger partial charge in [-0.1, -0.05) is 0 Å². The molecule has 0 spiro atoms. The Balaban J connectivity index is 0.00000156. The van der Waals surface area contributed by atoms with Crippen LogP contribution >= 0.6 is 12.4 Å². The van der Waals surface area contributed by atoms with Crippen molar-refractivity contribution in [2.45, 2.75) is 6.92 Å². The number of aromatic hydroxyl groups is 2. The highest BCUT2D eigenvalue weighted by molar-refractivity contribution is 5.88. The van der Waals surface area contributed by atoms with Gasteiger partial charge in [-0.15, -0.1) is 12.4 Å². The predicted molar refractivity (Wildman–Crippen MR) is 88.6 cm³/mol. The summed E-state index contributed by atoms with van der Waals surface area (Å²) in [6.45, 7) is 2.20. The largest absolute Gasteiger partial charge is 0.508 e. The van der Waals surface area contributed by atoms with E-state index in [1.807, 2.05) is 25.1 Å². The summed E-state index contributed by atoms with van der Waals surface area (Å²) < 4.78 is 10.8. The van der Waals surface area contributed by atoms with Crippen molar-refractivity contribution in [3.8, 4) is 34.3 Å². The molecule has 0 unspecified atom stereocenters. The number of hydrogen-bond donors (Lipinski definition) is 2. The molecule has 5 nitrogen and oxygen atoms in total. The normalized spacial score (nSPS) is 12.2. The van der Waals surface area contributed by atoms with Crippen molar-refractivity contribution in [2.24, 2.45) is 0 Å². The molecule has 1 aromatic heterocycles. The molecule has 0 saturated carbocycles. The molecule has 6 heteroatoms. The van der Waals surface area contributed by atoms with Gasteiger partial charge in [-0.2, -0.15) is 0 Å². The van der Waals surface area contributed by atoms with E-state index in [1.165, 1.54) is 12.1 Å². The molecule has 0 aliphatic carbocycles. The summed E-state index contributed by atoms with van der Waals surface area (Å²) in [5.41, 5.74) is 3.00. The Morgan fingerprint density at radius 2 is 1.74 bits per heavy atom. The monoisotopic (exact) mass is 331 g/mol. The second-order valence-electron chi connectivity index (χ2n) is 5.25. The first-order valence-electron chi connectivity index (χ1n) is 6.85. The fraction of sp³-hybridized carbons (Fsp3) is 0.118. The van der Waals surface area contributed by atoms with E-state index in [9.17, 15) is 10.2 Å². The maximum Gasteiger partial charge on any atom is 0.231 e. The van der Waals surface area contributed by atoms with E-state index >= 15 is 0 Å². The molecule has 118 valence electrons. The number of hydrogen-bond acceptors (Lipinski definition) is 5. The van der Waals surface area contributed by atoms with Gasteiger partial charge < -0.3 is 19.7 Å². The highest BCUT2D eigenvalue weighted by atomic mass is 35.5. The summed E-state index contributed by atoms with van der Waals surface area (Å²) in [7, 11) is 0. The van der Waals surface area contributed by atoms with Crippen LogP contribution in [0.5, 0.6) is 23.0 Å². The first kappa shape index (κ1) is 15.2. The second kappa shape index (κ2) is 5.52. The van der Waals surface area contributed by atoms with Gasteiger partial charge in [0.25, 0.3) is 0 Å². The summed E-state index contributed by atoms with van der Waals surface area (Å²) in [6.07, 6.45) is 0. The topological polar surface area (TPSA) is 71.8 Å². The van der Waals surface area contributed by atoms with E-state index in [0.717, 1.165) is 22.2 Å². The molecule has 2 N–H and O–H groups in total. The van der Waals surface area contributed by atoms with Crippen LogP contribution in [0.15, 0.2) is 36.4 Å². The van der Waals surface area contributed by atoms with Crippen molar-refractivity contribution in [3.05, 3.63) is 42.0 Å². The number of aromatic nitrogens is 1. The fourth-order valence-electron chi connectivity index (χ4n) is 2.66. The van der Waals surface area contributed by atoms with Crippen LogP contribution in [0.2, 0.25) is 0 Å². The van der Waals surface area contributed by atoms with Crippen LogP contribution in [-0.2, 0) is 0 Å². The number of phenolic OH excluding ortho intramolecular Hbond substituents is 2. The number of phenols is 2. The molecular formula is C17H14ClNO4. The molecule has 0 amide bonds. The van der Waals surface area contributed by atoms with Crippen LogP contribution in [0.4, 0.5) is 0 Å². The molecule has 23 heavy (non-hydrogen) atoms. The third-order valence-corrected chi connectivity index (χ3v) is 3.77. The van der Waals surface area contributed by atoms with E-state index in [-0.39, 0.29) is 30.7 Å². The zero-order valence-corrected chi connectivity index (χ0v) is 13.1. The minimum Gasteiger partial charge on any atom is -0.508 e. The number of benzene rings is 2. The minimum atomic E-state index is -0.00741. The number of ether oxygens (including phenoxy) is 2. The van der Waals surface area contributed by atoms with Gasteiger partial charge in [0.15, 0.2) is 11.5 Å². The maximum absolute atomic E-state index is 10.0. The molecule has 0 saturated heterocycles. The summed E-state index contributed by atoms with van der Waals surface area (Å²) in [5, 5.41) is 20.4. The Morgan fingerprint density at radius 3 is 2.48 bits per heavy atom. The molecule has 2 aromatic carbocycles. The second-order valence-corrected chi connectivity index (χ2v) is 5.25. The van der Waals surface area contributed by atoms with Crippen LogP contribution < -0.4 is 9.47 Å². The molecule has 1 aliphatic rings. The van der Waals surface area contributed by atoms with Gasteiger partial charge in [0.05, 0.1) is 11.2 Å². The standard InChI is InChI=1S/C17H13NO4.ClH/c1-9-4-13(11-3-2-10(19)5-15(11)20)18-14-7-17-16(6-12(9)14)21-8-22-17;/h2-7,19-20H,8H2,1H3;1H. The van der Waals surface area contributed by atoms with Crippen LogP contribution in [0, 0.1) is 6.92 Å². The van der Waals surface area contributed by atoms with Crippen molar-refractivity contribution in [1.82, 2.24) is 4.98 Å². The first-order valence-corrected chi connectivity index (χ1v) is 6.85. The van der Waals surface area contributed by atoms with Gasteiger partial charge in [-0.05, 0) is 36.8 Å². The van der Waals surface area contributed by atoms with Crippen molar-refractivity contribution in [3.63, 3.8) is 0 Å². The van der Waals surface area contributed by atoms with Gasteiger partial charge >= 0.3 is 0 Å². The van der Waals surface area contributed by atoms with Gasteiger partial charge in [0, 0.05) is 23.1 Å². The highest BCUT2D eigenvalue weighted by Crippen LogP contribution is 2.38. The average Bonchev–Trinajstić information content (AvgIpc) is 2.92. The molecule has 0 radical (unpaired) electrons. The molecule has 1 aliphatic heterocycles. The van der Waals surface area contributed by atoms with Gasteiger partial charge in [0.1, 0.15) is 11.5 Å². The number of nitrogens with zero attached hydrogens (tertiary/aromatic N) is 1. The summed E-state index contributed by atoms with van der Waals surface area (Å²) >= 11 is 0. The van der Waals surface area contributed by atoms with Gasteiger partial charge in [0.2, 0.25) is 6.79 Å². The Hall–Kier alpha value is -2.66. The van der Waals surface area contributed by atoms with Crippen molar-refractivity contribution >= 4 is 23.3 Å². The van der Waals surface area contributed by atoms with E-state index in [4.69, 9.17) is 9.47 Å². The minimum absolute atomic E-state index is 0. The zero-order valence-electron chi connectivity index (χ0n) is 12.2. The van der Waals surface area contributed by atoms with Crippen LogP contribution in [-0.4, -0.2) is 22.0 Å². The molecule has 2 heterocycles. The third kappa shape index (κ3) is 2.49. The highest BCUT2D eigenvalue weighted by Gasteiger charge is 2.17. The lowest BCUT2D eigenvalue weighted by molar-refractivity contribution is 0.174. The Labute approximate surface area is 138 Å². The number of rotatable bonds is 1. The summed E-state index contributed by atoms with van der Waals surface area (Å²) in [6, 6.07) is 10.1. The molecular weight excluding hydrogens is 318 g/mol. The summed E-state index contributed by atoms with van der Waals surface area (Å²) in [5.74, 6) is 1.40. The quantitative estimate of drug-likeness (QED) is 0.710. The lowest BCUT2D eigenvalue weighted by atomic mass is 10.0. The van der Waals surface area contributed by atoms with E-state index in [1.54, 1.807) is 6.07 Å². The third-order valence-electron chi connectivity index (χ3n) is 3.77. The van der Waals surface area contributed by atoms with Gasteiger partial charge in [-0.25, -0.2) is 4.98 Å². The van der Waals surface area contributed by atoms with Crippen LogP contribution in [0.25, 0.3) is 22.2 Å².